The van der Waals surface area contributed by atoms with Crippen molar-refractivity contribution in [3.8, 4) is 0 Å². The molecule has 0 spiro atoms. The molecule has 5 N–H and O–H groups in total. The van der Waals surface area contributed by atoms with Crippen molar-refractivity contribution < 1.29 is 31.1 Å². The molecule has 0 aliphatic heterocycles. The summed E-state index contributed by atoms with van der Waals surface area (Å²) in [7, 11) is -4.96. The lowest BCUT2D eigenvalue weighted by Crippen LogP contribution is -2.28. The van der Waals surface area contributed by atoms with E-state index in [0.717, 1.165) is 0 Å². The average Bonchev–Trinajstić information content (AvgIpc) is 2.55. The molecule has 0 saturated carbocycles. The second kappa shape index (κ2) is 8.38. The maximum absolute atomic E-state index is 14.2. The zero-order valence-corrected chi connectivity index (χ0v) is 17.3. The second-order valence-electron chi connectivity index (χ2n) is 6.07. The van der Waals surface area contributed by atoms with Crippen LogP contribution in [0, 0.1) is 5.82 Å². The van der Waals surface area contributed by atoms with Crippen LogP contribution in [0.2, 0.25) is 0 Å². The summed E-state index contributed by atoms with van der Waals surface area (Å²) >= 11 is 3.19. The predicted octanol–water partition coefficient (Wildman–Crippen LogP) is 2.97. The highest BCUT2D eigenvalue weighted by atomic mass is 79.9. The largest absolute Gasteiger partial charge is 0.417 e. The van der Waals surface area contributed by atoms with Gasteiger partial charge in [0.25, 0.3) is 0 Å². The van der Waals surface area contributed by atoms with Crippen molar-refractivity contribution in [1.29, 1.82) is 0 Å². The average molecular weight is 502 g/mol. The van der Waals surface area contributed by atoms with Gasteiger partial charge in [0.1, 0.15) is 16.5 Å². The molecule has 0 unspecified atom stereocenters. The summed E-state index contributed by atoms with van der Waals surface area (Å²) in [5.41, 5.74) is -2.21. The standard InChI is InChI=1S/C15H16BrF4N5O3S/c1-6(7(2)26)23-13-10(16)5-22-14(25-13)24-8-3-9(15(18,19)20)12(11(17)4-8)29(21,27)28/h3-7,26H,1-2H3,(H2,21,27,28)(H2,22,23,24,25)/t6-,7-/m1/s1. The number of benzene rings is 1. The van der Waals surface area contributed by atoms with Gasteiger partial charge in [0.2, 0.25) is 16.0 Å². The minimum Gasteiger partial charge on any atom is -0.391 e. The molecule has 160 valence electrons. The van der Waals surface area contributed by atoms with Crippen molar-refractivity contribution in [2.24, 2.45) is 5.14 Å². The molecule has 2 rings (SSSR count). The first-order chi connectivity index (χ1) is 13.2. The van der Waals surface area contributed by atoms with E-state index in [4.69, 9.17) is 5.14 Å². The third-order valence-electron chi connectivity index (χ3n) is 3.72. The van der Waals surface area contributed by atoms with Gasteiger partial charge in [-0.25, -0.2) is 22.9 Å². The molecule has 29 heavy (non-hydrogen) atoms. The molecule has 0 amide bonds. The monoisotopic (exact) mass is 501 g/mol. The molecule has 0 radical (unpaired) electrons. The summed E-state index contributed by atoms with van der Waals surface area (Å²) in [6, 6.07) is 0.503. The molecule has 2 aromatic rings. The Morgan fingerprint density at radius 3 is 2.41 bits per heavy atom. The molecule has 1 aromatic carbocycles. The number of rotatable bonds is 6. The van der Waals surface area contributed by atoms with Crippen molar-refractivity contribution in [2.75, 3.05) is 10.6 Å². The Bertz CT molecular complexity index is 1020. The molecule has 0 saturated heterocycles. The Morgan fingerprint density at radius 1 is 1.28 bits per heavy atom. The van der Waals surface area contributed by atoms with Gasteiger partial charge >= 0.3 is 6.18 Å². The van der Waals surface area contributed by atoms with Gasteiger partial charge in [-0.05, 0) is 41.9 Å². The van der Waals surface area contributed by atoms with Crippen molar-refractivity contribution in [1.82, 2.24) is 9.97 Å². The van der Waals surface area contributed by atoms with Crippen molar-refractivity contribution >= 4 is 43.4 Å². The topological polar surface area (TPSA) is 130 Å². The second-order valence-corrected chi connectivity index (χ2v) is 8.42. The molecule has 14 heteroatoms. The summed E-state index contributed by atoms with van der Waals surface area (Å²) < 4.78 is 77.0. The summed E-state index contributed by atoms with van der Waals surface area (Å²) in [4.78, 5) is 6.25. The third-order valence-corrected chi connectivity index (χ3v) is 5.29. The molecular formula is C15H16BrF4N5O3S. The lowest BCUT2D eigenvalue weighted by molar-refractivity contribution is -0.140. The summed E-state index contributed by atoms with van der Waals surface area (Å²) in [6.07, 6.45) is -4.63. The van der Waals surface area contributed by atoms with Crippen LogP contribution in [0.1, 0.15) is 19.4 Å². The lowest BCUT2D eigenvalue weighted by Gasteiger charge is -2.19. The minimum atomic E-state index is -5.18. The maximum Gasteiger partial charge on any atom is 0.417 e. The van der Waals surface area contributed by atoms with Crippen LogP contribution >= 0.6 is 15.9 Å². The molecule has 0 fully saturated rings. The fraction of sp³-hybridized carbons (Fsp3) is 0.333. The Balaban J connectivity index is 2.46. The van der Waals surface area contributed by atoms with Gasteiger partial charge in [-0.2, -0.15) is 18.2 Å². The quantitative estimate of drug-likeness (QED) is 0.447. The van der Waals surface area contributed by atoms with Crippen molar-refractivity contribution in [3.63, 3.8) is 0 Å². The molecule has 0 aliphatic rings. The number of nitrogens with one attached hydrogen (secondary N) is 2. The van der Waals surface area contributed by atoms with Crippen LogP contribution in [-0.2, 0) is 16.2 Å². The molecule has 0 bridgehead atoms. The summed E-state index contributed by atoms with van der Waals surface area (Å²) in [5, 5.41) is 19.5. The van der Waals surface area contributed by atoms with E-state index in [1.165, 1.54) is 6.20 Å². The zero-order valence-electron chi connectivity index (χ0n) is 14.9. The fourth-order valence-corrected chi connectivity index (χ4v) is 3.28. The summed E-state index contributed by atoms with van der Waals surface area (Å²) in [6.45, 7) is 3.21. The number of alkyl halides is 3. The Kier molecular flexibility index (Phi) is 6.71. The van der Waals surface area contributed by atoms with Gasteiger partial charge in [-0.15, -0.1) is 0 Å². The number of nitrogens with two attached hydrogens (primary N) is 1. The summed E-state index contributed by atoms with van der Waals surface area (Å²) in [5.74, 6) is -1.67. The van der Waals surface area contributed by atoms with E-state index in [1.54, 1.807) is 13.8 Å². The smallest absolute Gasteiger partial charge is 0.391 e. The molecule has 2 atom stereocenters. The van der Waals surface area contributed by atoms with E-state index in [0.29, 0.717) is 16.6 Å². The maximum atomic E-state index is 14.2. The Hall–Kier alpha value is -2.03. The lowest BCUT2D eigenvalue weighted by atomic mass is 10.2. The molecule has 1 heterocycles. The van der Waals surface area contributed by atoms with Crippen LogP contribution in [-0.4, -0.2) is 35.6 Å². The first-order valence-corrected chi connectivity index (χ1v) is 10.2. The van der Waals surface area contributed by atoms with E-state index >= 15 is 0 Å². The number of primary sulfonamides is 1. The van der Waals surface area contributed by atoms with Gasteiger partial charge in [-0.3, -0.25) is 0 Å². The number of hydrogen-bond acceptors (Lipinski definition) is 7. The Morgan fingerprint density at radius 2 is 1.90 bits per heavy atom. The molecular weight excluding hydrogens is 486 g/mol. The highest BCUT2D eigenvalue weighted by Crippen LogP contribution is 2.37. The zero-order chi connectivity index (χ0) is 22.1. The molecule has 0 aliphatic carbocycles. The van der Waals surface area contributed by atoms with Crippen LogP contribution in [0.3, 0.4) is 0 Å². The van der Waals surface area contributed by atoms with Crippen molar-refractivity contribution in [3.05, 3.63) is 34.2 Å². The number of aliphatic hydroxyl groups excluding tert-OH is 1. The van der Waals surface area contributed by atoms with E-state index in [-0.39, 0.29) is 11.8 Å². The fourth-order valence-electron chi connectivity index (χ4n) is 2.16. The van der Waals surface area contributed by atoms with Crippen LogP contribution in [0.25, 0.3) is 0 Å². The highest BCUT2D eigenvalue weighted by Gasteiger charge is 2.39. The minimum absolute atomic E-state index is 0.204. The van der Waals surface area contributed by atoms with E-state index < -0.39 is 50.3 Å². The van der Waals surface area contributed by atoms with E-state index in [9.17, 15) is 31.1 Å². The van der Waals surface area contributed by atoms with E-state index in [2.05, 4.69) is 36.5 Å². The number of aliphatic hydroxyl groups is 1. The number of halogens is 5. The Labute approximate surface area is 171 Å². The van der Waals surface area contributed by atoms with Gasteiger partial charge in [-0.1, -0.05) is 0 Å². The highest BCUT2D eigenvalue weighted by molar-refractivity contribution is 9.10. The van der Waals surface area contributed by atoms with E-state index in [1.807, 2.05) is 0 Å². The number of aromatic nitrogens is 2. The third kappa shape index (κ3) is 5.74. The first-order valence-electron chi connectivity index (χ1n) is 7.88. The van der Waals surface area contributed by atoms with Crippen LogP contribution in [0.4, 0.5) is 35.0 Å². The normalized spacial score (nSPS) is 14.4. The predicted molar refractivity (Wildman–Crippen MR) is 101 cm³/mol. The van der Waals surface area contributed by atoms with Gasteiger partial charge in [0.05, 0.1) is 22.2 Å². The van der Waals surface area contributed by atoms with Gasteiger partial charge < -0.3 is 15.7 Å². The van der Waals surface area contributed by atoms with Crippen LogP contribution in [0.15, 0.2) is 27.7 Å². The molecule has 1 aromatic heterocycles. The van der Waals surface area contributed by atoms with Gasteiger partial charge in [0, 0.05) is 11.9 Å². The number of hydrogen-bond donors (Lipinski definition) is 4. The number of anilines is 3. The molecule has 8 nitrogen and oxygen atoms in total. The van der Waals surface area contributed by atoms with Gasteiger partial charge in [0.15, 0.2) is 0 Å². The number of nitrogens with zero attached hydrogens (tertiary/aromatic N) is 2. The van der Waals surface area contributed by atoms with Crippen LogP contribution < -0.4 is 15.8 Å². The first kappa shape index (κ1) is 23.3. The number of sulfonamides is 1. The van der Waals surface area contributed by atoms with Crippen molar-refractivity contribution in [2.45, 2.75) is 37.1 Å². The van der Waals surface area contributed by atoms with Crippen LogP contribution in [0.5, 0.6) is 0 Å². The SMILES string of the molecule is C[C@@H](O)[C@@H](C)Nc1nc(Nc2cc(F)c(S(N)(=O)=O)c(C(F)(F)F)c2)ncc1Br.